The fourth-order valence-electron chi connectivity index (χ4n) is 5.29. The number of rotatable bonds is 8. The number of halogens is 3. The molecule has 1 aliphatic heterocycles. The molecule has 42 heavy (non-hydrogen) atoms. The van der Waals surface area contributed by atoms with Gasteiger partial charge in [-0.15, -0.1) is 0 Å². The van der Waals surface area contributed by atoms with Gasteiger partial charge < -0.3 is 16.4 Å². The van der Waals surface area contributed by atoms with Crippen molar-refractivity contribution in [2.45, 2.75) is 38.6 Å². The van der Waals surface area contributed by atoms with Crippen LogP contribution in [0.4, 0.5) is 18.9 Å². The Balaban J connectivity index is 1.51. The molecule has 4 N–H and O–H groups in total. The average molecular weight is 573 g/mol. The van der Waals surface area contributed by atoms with E-state index in [1.54, 1.807) is 12.1 Å². The van der Waals surface area contributed by atoms with Gasteiger partial charge in [0.2, 0.25) is 11.8 Å². The van der Waals surface area contributed by atoms with Crippen LogP contribution in [0.5, 0.6) is 0 Å². The molecule has 1 aliphatic rings. The smallest absolute Gasteiger partial charge is 0.251 e. The number of aryl methyl sites for hydroxylation is 1. The third kappa shape index (κ3) is 5.74. The van der Waals surface area contributed by atoms with Crippen molar-refractivity contribution in [3.05, 3.63) is 118 Å². The summed E-state index contributed by atoms with van der Waals surface area (Å²) < 4.78 is 42.4. The number of hydrogen-bond donors (Lipinski definition) is 3. The van der Waals surface area contributed by atoms with Gasteiger partial charge in [0.05, 0.1) is 23.2 Å². The number of fused-ring (bicyclic) bond motifs is 1. The molecule has 0 spiro atoms. The quantitative estimate of drug-likeness (QED) is 0.262. The number of aromatic nitrogens is 1. The van der Waals surface area contributed by atoms with Crippen LogP contribution >= 0.6 is 0 Å². The predicted octanol–water partition coefficient (Wildman–Crippen LogP) is 5.41. The fourth-order valence-corrected chi connectivity index (χ4v) is 5.29. The van der Waals surface area contributed by atoms with E-state index in [1.165, 1.54) is 18.3 Å². The fraction of sp³-hybridized carbons (Fsp3) is 0.188. The molecule has 5 rings (SSSR count). The van der Waals surface area contributed by atoms with E-state index in [9.17, 15) is 27.6 Å². The number of carbonyl (C=O) groups is 3. The van der Waals surface area contributed by atoms with Gasteiger partial charge in [-0.1, -0.05) is 24.3 Å². The minimum atomic E-state index is -0.958. The predicted molar refractivity (Wildman–Crippen MR) is 151 cm³/mol. The Labute approximate surface area is 240 Å². The molecule has 10 heteroatoms. The molecule has 2 heterocycles. The number of nitrogens with zero attached hydrogens (tertiary/aromatic N) is 1. The van der Waals surface area contributed by atoms with Crippen LogP contribution < -0.4 is 16.4 Å². The summed E-state index contributed by atoms with van der Waals surface area (Å²) in [4.78, 5) is 42.6. The van der Waals surface area contributed by atoms with Gasteiger partial charge in [-0.2, -0.15) is 0 Å². The molecule has 7 nitrogen and oxygen atoms in total. The number of benzene rings is 3. The van der Waals surface area contributed by atoms with E-state index in [1.807, 2.05) is 26.0 Å². The molecule has 0 bridgehead atoms. The third-order valence-corrected chi connectivity index (χ3v) is 7.51. The van der Waals surface area contributed by atoms with Crippen LogP contribution in [-0.2, 0) is 16.0 Å². The van der Waals surface area contributed by atoms with Crippen LogP contribution in [0.25, 0.3) is 11.1 Å². The number of anilines is 1. The summed E-state index contributed by atoms with van der Waals surface area (Å²) >= 11 is 0. The number of carbonyl (C=O) groups excluding carboxylic acids is 3. The first-order valence-electron chi connectivity index (χ1n) is 13.2. The first-order chi connectivity index (χ1) is 20.0. The number of pyridine rings is 1. The molecular formula is C32H27F3N4O3. The summed E-state index contributed by atoms with van der Waals surface area (Å²) in [5.41, 5.74) is 9.74. The zero-order valence-corrected chi connectivity index (χ0v) is 22.8. The normalized spacial score (nSPS) is 14.7. The first kappa shape index (κ1) is 28.5. The van der Waals surface area contributed by atoms with Gasteiger partial charge in [-0.25, -0.2) is 13.2 Å². The van der Waals surface area contributed by atoms with Crippen molar-refractivity contribution in [3.8, 4) is 11.1 Å². The maximum atomic E-state index is 14.2. The molecule has 3 aromatic carbocycles. The Morgan fingerprint density at radius 3 is 2.48 bits per heavy atom. The number of nitrogens with two attached hydrogens (primary N) is 1. The van der Waals surface area contributed by atoms with Gasteiger partial charge in [0.25, 0.3) is 5.91 Å². The van der Waals surface area contributed by atoms with E-state index in [0.29, 0.717) is 28.1 Å². The highest BCUT2D eigenvalue weighted by Crippen LogP contribution is 2.38. The van der Waals surface area contributed by atoms with E-state index < -0.39 is 41.2 Å². The highest BCUT2D eigenvalue weighted by Gasteiger charge is 2.34. The molecule has 0 radical (unpaired) electrons. The molecular weight excluding hydrogens is 545 g/mol. The lowest BCUT2D eigenvalue weighted by atomic mass is 9.92. The van der Waals surface area contributed by atoms with Gasteiger partial charge in [0.15, 0.2) is 0 Å². The van der Waals surface area contributed by atoms with Crippen molar-refractivity contribution in [2.75, 3.05) is 5.32 Å². The highest BCUT2D eigenvalue weighted by atomic mass is 19.1. The molecule has 0 saturated heterocycles. The lowest BCUT2D eigenvalue weighted by molar-refractivity contribution is -0.125. The summed E-state index contributed by atoms with van der Waals surface area (Å²) in [7, 11) is 0. The number of amides is 3. The SMILES string of the molecule is Cc1ccc2c(c1C)NC(=O)C2CC(=O)NC(Cc1cc(F)cc(F)c1)c1ncccc1-c1ccc(F)c(C(N)=O)c1. The Hall–Kier alpha value is -4.99. The summed E-state index contributed by atoms with van der Waals surface area (Å²) in [6.45, 7) is 3.83. The summed E-state index contributed by atoms with van der Waals surface area (Å²) in [5, 5.41) is 5.76. The average Bonchev–Trinajstić information content (AvgIpc) is 3.25. The molecule has 0 saturated carbocycles. The molecule has 3 amide bonds. The van der Waals surface area contributed by atoms with Crippen molar-refractivity contribution in [1.29, 1.82) is 0 Å². The molecule has 2 unspecified atom stereocenters. The minimum absolute atomic E-state index is 0.0555. The Bertz CT molecular complexity index is 1720. The Morgan fingerprint density at radius 2 is 1.76 bits per heavy atom. The first-order valence-corrected chi connectivity index (χ1v) is 13.2. The lowest BCUT2D eigenvalue weighted by Gasteiger charge is -2.22. The van der Waals surface area contributed by atoms with E-state index in [-0.39, 0.29) is 29.9 Å². The molecule has 2 atom stereocenters. The van der Waals surface area contributed by atoms with Crippen LogP contribution in [0.2, 0.25) is 0 Å². The largest absolute Gasteiger partial charge is 0.366 e. The Morgan fingerprint density at radius 1 is 1.02 bits per heavy atom. The van der Waals surface area contributed by atoms with Crippen molar-refractivity contribution in [2.24, 2.45) is 5.73 Å². The second kappa shape index (κ2) is 11.5. The van der Waals surface area contributed by atoms with Crippen molar-refractivity contribution < 1.29 is 27.6 Å². The minimum Gasteiger partial charge on any atom is -0.366 e. The van der Waals surface area contributed by atoms with E-state index in [2.05, 4.69) is 15.6 Å². The monoisotopic (exact) mass is 572 g/mol. The van der Waals surface area contributed by atoms with Crippen LogP contribution in [0.15, 0.2) is 66.9 Å². The van der Waals surface area contributed by atoms with Crippen LogP contribution in [-0.4, -0.2) is 22.7 Å². The summed E-state index contributed by atoms with van der Waals surface area (Å²) in [6.07, 6.45) is 1.24. The van der Waals surface area contributed by atoms with E-state index in [4.69, 9.17) is 5.73 Å². The van der Waals surface area contributed by atoms with Crippen molar-refractivity contribution >= 4 is 23.4 Å². The van der Waals surface area contributed by atoms with Crippen molar-refractivity contribution in [1.82, 2.24) is 10.3 Å². The van der Waals surface area contributed by atoms with Crippen LogP contribution in [0.1, 0.15) is 56.7 Å². The van der Waals surface area contributed by atoms with Crippen LogP contribution in [0.3, 0.4) is 0 Å². The molecule has 1 aromatic heterocycles. The molecule has 0 aliphatic carbocycles. The topological polar surface area (TPSA) is 114 Å². The van der Waals surface area contributed by atoms with Gasteiger partial charge in [0.1, 0.15) is 17.5 Å². The number of nitrogens with one attached hydrogen (secondary N) is 2. The molecule has 0 fully saturated rings. The maximum absolute atomic E-state index is 14.2. The third-order valence-electron chi connectivity index (χ3n) is 7.51. The van der Waals surface area contributed by atoms with E-state index in [0.717, 1.165) is 35.4 Å². The van der Waals surface area contributed by atoms with Gasteiger partial charge in [-0.3, -0.25) is 19.4 Å². The van der Waals surface area contributed by atoms with E-state index >= 15 is 0 Å². The zero-order valence-electron chi connectivity index (χ0n) is 22.8. The zero-order chi connectivity index (χ0) is 30.1. The summed E-state index contributed by atoms with van der Waals surface area (Å²) in [5.74, 6) is -4.85. The second-order valence-electron chi connectivity index (χ2n) is 10.3. The molecule has 4 aromatic rings. The highest BCUT2D eigenvalue weighted by molar-refractivity contribution is 6.05. The Kier molecular flexibility index (Phi) is 7.80. The second-order valence-corrected chi connectivity index (χ2v) is 10.3. The standard InChI is InChI=1S/C32H27F3N4O3/c1-16-5-7-23-24(32(42)39-29(23)17(16)2)15-28(40)38-27(12-18-10-20(33)14-21(34)11-18)30-22(4-3-9-37-30)19-6-8-26(35)25(13-19)31(36)41/h3-11,13-14,24,27H,12,15H2,1-2H3,(H2,36,41)(H,38,40)(H,39,42). The van der Waals surface area contributed by atoms with Gasteiger partial charge in [0, 0.05) is 29.9 Å². The van der Waals surface area contributed by atoms with Crippen molar-refractivity contribution in [3.63, 3.8) is 0 Å². The van der Waals surface area contributed by atoms with Crippen LogP contribution in [0, 0.1) is 31.3 Å². The number of hydrogen-bond acceptors (Lipinski definition) is 4. The molecule has 214 valence electrons. The summed E-state index contributed by atoms with van der Waals surface area (Å²) in [6, 6.07) is 12.9. The van der Waals surface area contributed by atoms with Gasteiger partial charge >= 0.3 is 0 Å². The van der Waals surface area contributed by atoms with Gasteiger partial charge in [-0.05, 0) is 78.4 Å². The maximum Gasteiger partial charge on any atom is 0.251 e. The number of primary amides is 1. The lowest BCUT2D eigenvalue weighted by Crippen LogP contribution is -2.33.